The first-order chi connectivity index (χ1) is 8.63. The Kier molecular flexibility index (Phi) is 3.96. The molecule has 6 heteroatoms. The maximum Gasteiger partial charge on any atom is 0.271 e. The van der Waals surface area contributed by atoms with Gasteiger partial charge in [-0.15, -0.1) is 5.10 Å². The number of hydrogen-bond acceptors (Lipinski definition) is 4. The highest BCUT2D eigenvalue weighted by molar-refractivity contribution is 5.91. The zero-order chi connectivity index (χ0) is 13.1. The van der Waals surface area contributed by atoms with E-state index in [4.69, 9.17) is 10.5 Å². The summed E-state index contributed by atoms with van der Waals surface area (Å²) in [4.78, 5) is 11.4. The number of nitrogens with zero attached hydrogens (tertiary/aromatic N) is 3. The summed E-state index contributed by atoms with van der Waals surface area (Å²) in [6.45, 7) is 2.71. The minimum Gasteiger partial charge on any atom is -0.385 e. The van der Waals surface area contributed by atoms with Gasteiger partial charge in [-0.05, 0) is 38.5 Å². The number of hydrogen-bond donors (Lipinski definition) is 1. The van der Waals surface area contributed by atoms with Crippen molar-refractivity contribution in [2.45, 2.75) is 38.6 Å². The largest absolute Gasteiger partial charge is 0.385 e. The molecule has 2 rings (SSSR count). The summed E-state index contributed by atoms with van der Waals surface area (Å²) in [6.07, 6.45) is 4.13. The number of methoxy groups -OCH3 is 1. The van der Waals surface area contributed by atoms with Gasteiger partial charge in [0.15, 0.2) is 5.69 Å². The van der Waals surface area contributed by atoms with Crippen molar-refractivity contribution in [1.82, 2.24) is 15.0 Å². The second kappa shape index (κ2) is 5.48. The van der Waals surface area contributed by atoms with E-state index in [0.29, 0.717) is 18.2 Å². The van der Waals surface area contributed by atoms with Gasteiger partial charge in [-0.25, -0.2) is 4.68 Å². The van der Waals surface area contributed by atoms with Gasteiger partial charge in [0.25, 0.3) is 5.91 Å². The van der Waals surface area contributed by atoms with E-state index in [0.717, 1.165) is 18.5 Å². The molecule has 18 heavy (non-hydrogen) atoms. The summed E-state index contributed by atoms with van der Waals surface area (Å²) < 4.78 is 6.90. The Morgan fingerprint density at radius 3 is 2.89 bits per heavy atom. The van der Waals surface area contributed by atoms with E-state index >= 15 is 0 Å². The van der Waals surface area contributed by atoms with Gasteiger partial charge in [0.2, 0.25) is 0 Å². The number of primary amides is 1. The minimum absolute atomic E-state index is 0.166. The zero-order valence-electron chi connectivity index (χ0n) is 10.9. The summed E-state index contributed by atoms with van der Waals surface area (Å²) in [5.74, 6) is 0.172. The van der Waals surface area contributed by atoms with E-state index in [2.05, 4.69) is 17.2 Å². The first-order valence-electron chi connectivity index (χ1n) is 6.36. The maximum absolute atomic E-state index is 11.4. The fourth-order valence-electron chi connectivity index (χ4n) is 2.06. The van der Waals surface area contributed by atoms with Crippen molar-refractivity contribution in [2.75, 3.05) is 13.7 Å². The predicted molar refractivity (Wildman–Crippen MR) is 66.2 cm³/mol. The van der Waals surface area contributed by atoms with Crippen LogP contribution in [0.25, 0.3) is 0 Å². The highest BCUT2D eigenvalue weighted by Crippen LogP contribution is 2.33. The number of carbonyl (C=O) groups is 1. The van der Waals surface area contributed by atoms with E-state index in [9.17, 15) is 4.79 Å². The van der Waals surface area contributed by atoms with E-state index in [1.165, 1.54) is 12.8 Å². The lowest BCUT2D eigenvalue weighted by Crippen LogP contribution is -2.18. The molecule has 2 N–H and O–H groups in total. The topological polar surface area (TPSA) is 83.0 Å². The number of rotatable bonds is 7. The standard InChI is InChI=1S/C12H20N4O2/c1-8(5-6-18-2)16-10(7-9-3-4-9)11(12(13)17)14-15-16/h8-9H,3-7H2,1-2H3,(H2,13,17). The molecule has 1 saturated carbocycles. The Morgan fingerprint density at radius 2 is 2.33 bits per heavy atom. The van der Waals surface area contributed by atoms with Crippen molar-refractivity contribution >= 4 is 5.91 Å². The van der Waals surface area contributed by atoms with Crippen LogP contribution in [0.2, 0.25) is 0 Å². The predicted octanol–water partition coefficient (Wildman–Crippen LogP) is 0.927. The number of ether oxygens (including phenoxy) is 1. The third-order valence-corrected chi connectivity index (χ3v) is 3.36. The molecule has 0 spiro atoms. The Hall–Kier alpha value is -1.43. The van der Waals surface area contributed by atoms with Gasteiger partial charge in [-0.2, -0.15) is 0 Å². The summed E-state index contributed by atoms with van der Waals surface area (Å²) >= 11 is 0. The van der Waals surface area contributed by atoms with E-state index in [-0.39, 0.29) is 6.04 Å². The highest BCUT2D eigenvalue weighted by atomic mass is 16.5. The smallest absolute Gasteiger partial charge is 0.271 e. The molecule has 0 saturated heterocycles. The molecule has 1 unspecified atom stereocenters. The number of aromatic nitrogens is 3. The second-order valence-corrected chi connectivity index (χ2v) is 4.97. The Balaban J connectivity index is 2.19. The Morgan fingerprint density at radius 1 is 1.61 bits per heavy atom. The van der Waals surface area contributed by atoms with Crippen LogP contribution in [0, 0.1) is 5.92 Å². The zero-order valence-corrected chi connectivity index (χ0v) is 10.9. The fraction of sp³-hybridized carbons (Fsp3) is 0.750. The lowest BCUT2D eigenvalue weighted by molar-refractivity contribution is 0.0994. The van der Waals surface area contributed by atoms with E-state index < -0.39 is 5.91 Å². The van der Waals surface area contributed by atoms with Gasteiger partial charge < -0.3 is 10.5 Å². The molecule has 1 heterocycles. The average Bonchev–Trinajstić information content (AvgIpc) is 3.03. The van der Waals surface area contributed by atoms with Gasteiger partial charge in [-0.1, -0.05) is 5.21 Å². The molecule has 0 radical (unpaired) electrons. The average molecular weight is 252 g/mol. The maximum atomic E-state index is 11.4. The van der Waals surface area contributed by atoms with Crippen LogP contribution in [0.15, 0.2) is 0 Å². The molecule has 1 amide bonds. The molecule has 1 atom stereocenters. The molecule has 0 aromatic carbocycles. The van der Waals surface area contributed by atoms with Crippen molar-refractivity contribution in [2.24, 2.45) is 11.7 Å². The molecule has 1 fully saturated rings. The van der Waals surface area contributed by atoms with Crippen molar-refractivity contribution in [1.29, 1.82) is 0 Å². The minimum atomic E-state index is -0.490. The molecule has 1 aromatic rings. The van der Waals surface area contributed by atoms with Crippen molar-refractivity contribution in [3.8, 4) is 0 Å². The van der Waals surface area contributed by atoms with Gasteiger partial charge >= 0.3 is 0 Å². The fourth-order valence-corrected chi connectivity index (χ4v) is 2.06. The Bertz CT molecular complexity index is 426. The molecule has 1 aromatic heterocycles. The third-order valence-electron chi connectivity index (χ3n) is 3.36. The van der Waals surface area contributed by atoms with Gasteiger partial charge in [0.1, 0.15) is 0 Å². The summed E-state index contributed by atoms with van der Waals surface area (Å²) in [6, 6.07) is 0.166. The van der Waals surface area contributed by atoms with Crippen LogP contribution in [0.4, 0.5) is 0 Å². The summed E-state index contributed by atoms with van der Waals surface area (Å²) in [5.41, 5.74) is 6.55. The van der Waals surface area contributed by atoms with Crippen LogP contribution in [0.1, 0.15) is 48.4 Å². The van der Waals surface area contributed by atoms with Crippen LogP contribution in [-0.4, -0.2) is 34.6 Å². The van der Waals surface area contributed by atoms with Gasteiger partial charge in [0, 0.05) is 13.7 Å². The highest BCUT2D eigenvalue weighted by Gasteiger charge is 2.28. The van der Waals surface area contributed by atoms with E-state index in [1.807, 2.05) is 4.68 Å². The molecule has 1 aliphatic carbocycles. The number of amides is 1. The first-order valence-corrected chi connectivity index (χ1v) is 6.36. The lowest BCUT2D eigenvalue weighted by Gasteiger charge is -2.14. The molecule has 1 aliphatic rings. The number of carbonyl (C=O) groups excluding carboxylic acids is 1. The van der Waals surface area contributed by atoms with Crippen molar-refractivity contribution in [3.63, 3.8) is 0 Å². The van der Waals surface area contributed by atoms with Crippen LogP contribution in [0.5, 0.6) is 0 Å². The lowest BCUT2D eigenvalue weighted by atomic mass is 10.1. The first kappa shape index (κ1) is 13.0. The number of nitrogens with two attached hydrogens (primary N) is 1. The van der Waals surface area contributed by atoms with Crippen molar-refractivity contribution < 1.29 is 9.53 Å². The molecular weight excluding hydrogens is 232 g/mol. The molecule has 6 nitrogen and oxygen atoms in total. The van der Waals surface area contributed by atoms with E-state index in [1.54, 1.807) is 7.11 Å². The summed E-state index contributed by atoms with van der Waals surface area (Å²) in [7, 11) is 1.67. The SMILES string of the molecule is COCCC(C)n1nnc(C(N)=O)c1CC1CC1. The van der Waals surface area contributed by atoms with Crippen LogP contribution < -0.4 is 5.73 Å². The van der Waals surface area contributed by atoms with Crippen LogP contribution >= 0.6 is 0 Å². The summed E-state index contributed by atoms with van der Waals surface area (Å²) in [5, 5.41) is 8.00. The van der Waals surface area contributed by atoms with Crippen LogP contribution in [0.3, 0.4) is 0 Å². The monoisotopic (exact) mass is 252 g/mol. The molecule has 0 aliphatic heterocycles. The quantitative estimate of drug-likeness (QED) is 0.782. The van der Waals surface area contributed by atoms with Crippen molar-refractivity contribution in [3.05, 3.63) is 11.4 Å². The molecular formula is C12H20N4O2. The van der Waals surface area contributed by atoms with Gasteiger partial charge in [-0.3, -0.25) is 4.79 Å². The Labute approximate surface area is 106 Å². The van der Waals surface area contributed by atoms with Crippen LogP contribution in [-0.2, 0) is 11.2 Å². The normalized spacial score (nSPS) is 16.8. The second-order valence-electron chi connectivity index (χ2n) is 4.97. The molecule has 100 valence electrons. The molecule has 0 bridgehead atoms. The van der Waals surface area contributed by atoms with Gasteiger partial charge in [0.05, 0.1) is 11.7 Å². The third kappa shape index (κ3) is 2.87.